The molecular formula is C21H20ClN5O5. The predicted octanol–water partition coefficient (Wildman–Crippen LogP) is 2.60. The van der Waals surface area contributed by atoms with Crippen molar-refractivity contribution in [2.24, 2.45) is 10.3 Å². The molecule has 3 amide bonds. The number of fused-ring (bicyclic) bond motifs is 1. The van der Waals surface area contributed by atoms with Gasteiger partial charge in [0.25, 0.3) is 11.8 Å². The Bertz CT molecular complexity index is 1140. The number of methoxy groups -OCH3 is 2. The molecule has 0 bridgehead atoms. The number of halogens is 1. The second-order valence-corrected chi connectivity index (χ2v) is 7.68. The van der Waals surface area contributed by atoms with Crippen LogP contribution in [-0.4, -0.2) is 55.6 Å². The summed E-state index contributed by atoms with van der Waals surface area (Å²) in [6.45, 7) is 1.61. The Kier molecular flexibility index (Phi) is 5.70. The van der Waals surface area contributed by atoms with E-state index in [1.54, 1.807) is 24.3 Å². The van der Waals surface area contributed by atoms with Crippen LogP contribution in [0.1, 0.15) is 5.56 Å². The summed E-state index contributed by atoms with van der Waals surface area (Å²) in [6.07, 6.45) is 0. The van der Waals surface area contributed by atoms with E-state index in [4.69, 9.17) is 21.1 Å². The van der Waals surface area contributed by atoms with Gasteiger partial charge in [0.05, 0.1) is 30.6 Å². The number of rotatable bonds is 6. The van der Waals surface area contributed by atoms with E-state index in [9.17, 15) is 14.4 Å². The maximum atomic E-state index is 13.1. The average molecular weight is 458 g/mol. The van der Waals surface area contributed by atoms with Crippen molar-refractivity contribution in [2.75, 3.05) is 31.0 Å². The number of anilines is 2. The van der Waals surface area contributed by atoms with E-state index in [2.05, 4.69) is 15.7 Å². The van der Waals surface area contributed by atoms with Crippen LogP contribution < -0.4 is 19.7 Å². The number of carbonyl (C=O) groups excluding carboxylic acids is 3. The quantitative estimate of drug-likeness (QED) is 0.667. The van der Waals surface area contributed by atoms with Gasteiger partial charge in [-0.1, -0.05) is 22.9 Å². The smallest absolute Gasteiger partial charge is 0.263 e. The Morgan fingerprint density at radius 1 is 1.09 bits per heavy atom. The first-order valence-electron chi connectivity index (χ1n) is 9.67. The second-order valence-electron chi connectivity index (χ2n) is 7.27. The second kappa shape index (κ2) is 8.46. The molecule has 10 nitrogen and oxygen atoms in total. The van der Waals surface area contributed by atoms with E-state index in [-0.39, 0.29) is 6.54 Å². The van der Waals surface area contributed by atoms with Crippen LogP contribution in [0.15, 0.2) is 46.7 Å². The zero-order chi connectivity index (χ0) is 23.0. The first kappa shape index (κ1) is 21.6. The maximum Gasteiger partial charge on any atom is 0.263 e. The van der Waals surface area contributed by atoms with Crippen molar-refractivity contribution in [3.05, 3.63) is 47.0 Å². The molecule has 0 unspecified atom stereocenters. The highest BCUT2D eigenvalue weighted by Crippen LogP contribution is 2.36. The van der Waals surface area contributed by atoms with Crippen LogP contribution in [0.25, 0.3) is 0 Å². The lowest BCUT2D eigenvalue weighted by molar-refractivity contribution is -0.123. The Labute approximate surface area is 188 Å². The molecule has 166 valence electrons. The molecule has 1 fully saturated rings. The van der Waals surface area contributed by atoms with Gasteiger partial charge < -0.3 is 14.8 Å². The van der Waals surface area contributed by atoms with Crippen LogP contribution in [-0.2, 0) is 14.4 Å². The Morgan fingerprint density at radius 3 is 2.53 bits per heavy atom. The number of aryl methyl sites for hydroxylation is 1. The van der Waals surface area contributed by atoms with E-state index in [0.717, 1.165) is 10.5 Å². The molecule has 1 N–H and O–H groups in total. The van der Waals surface area contributed by atoms with Crippen LogP contribution in [0.3, 0.4) is 0 Å². The molecule has 0 aliphatic carbocycles. The van der Waals surface area contributed by atoms with Gasteiger partial charge in [-0.15, -0.1) is 0 Å². The van der Waals surface area contributed by atoms with Gasteiger partial charge in [-0.05, 0) is 36.8 Å². The molecule has 2 aromatic rings. The number of benzene rings is 2. The van der Waals surface area contributed by atoms with Crippen LogP contribution in [0.5, 0.6) is 11.5 Å². The molecule has 4 rings (SSSR count). The lowest BCUT2D eigenvalue weighted by Gasteiger charge is -2.21. The highest BCUT2D eigenvalue weighted by Gasteiger charge is 2.55. The van der Waals surface area contributed by atoms with E-state index in [1.165, 1.54) is 25.3 Å². The first-order valence-corrected chi connectivity index (χ1v) is 10.0. The molecule has 2 atom stereocenters. The third kappa shape index (κ3) is 3.73. The lowest BCUT2D eigenvalue weighted by Crippen LogP contribution is -2.43. The standard InChI is InChI=1S/C21H20ClN5O5/c1-11-4-6-14(13(22)8-11)23-17(28)10-26-19-18(24-25-26)20(29)27(21(19)30)12-5-7-15(31-2)16(9-12)32-3/h4-9,18-19H,10H2,1-3H3,(H,23,28)/t18-,19-/m1/s1. The van der Waals surface area contributed by atoms with Gasteiger partial charge in [0.1, 0.15) is 6.54 Å². The largest absolute Gasteiger partial charge is 0.493 e. The van der Waals surface area contributed by atoms with Crippen LogP contribution in [0.4, 0.5) is 11.4 Å². The summed E-state index contributed by atoms with van der Waals surface area (Å²) in [6, 6.07) is 7.90. The molecule has 2 aliphatic heterocycles. The summed E-state index contributed by atoms with van der Waals surface area (Å²) in [5.74, 6) is -0.669. The molecular weight excluding hydrogens is 438 g/mol. The van der Waals surface area contributed by atoms with Gasteiger partial charge >= 0.3 is 0 Å². The molecule has 2 heterocycles. The van der Waals surface area contributed by atoms with Crippen LogP contribution in [0.2, 0.25) is 5.02 Å². The number of hydrogen-bond acceptors (Lipinski definition) is 8. The molecule has 2 aliphatic rings. The van der Waals surface area contributed by atoms with Gasteiger partial charge in [-0.3, -0.25) is 19.4 Å². The lowest BCUT2D eigenvalue weighted by atomic mass is 10.1. The van der Waals surface area contributed by atoms with Gasteiger partial charge in [-0.2, -0.15) is 5.11 Å². The third-order valence-electron chi connectivity index (χ3n) is 5.19. The van der Waals surface area contributed by atoms with Crippen molar-refractivity contribution in [3.63, 3.8) is 0 Å². The van der Waals surface area contributed by atoms with E-state index in [0.29, 0.717) is 27.9 Å². The normalized spacial score (nSPS) is 19.4. The van der Waals surface area contributed by atoms with E-state index >= 15 is 0 Å². The SMILES string of the molecule is COc1ccc(N2C(=O)[C@@H]3N=NN(CC(=O)Nc4ccc(C)cc4Cl)[C@H]3C2=O)cc1OC. The number of ether oxygens (including phenoxy) is 2. The predicted molar refractivity (Wildman–Crippen MR) is 116 cm³/mol. The van der Waals surface area contributed by atoms with Crippen molar-refractivity contribution in [1.29, 1.82) is 0 Å². The number of imide groups is 1. The minimum Gasteiger partial charge on any atom is -0.493 e. The van der Waals surface area contributed by atoms with Crippen molar-refractivity contribution in [1.82, 2.24) is 5.01 Å². The summed E-state index contributed by atoms with van der Waals surface area (Å²) in [5.41, 5.74) is 1.71. The first-order chi connectivity index (χ1) is 15.3. The van der Waals surface area contributed by atoms with Crippen molar-refractivity contribution in [2.45, 2.75) is 19.0 Å². The molecule has 32 heavy (non-hydrogen) atoms. The van der Waals surface area contributed by atoms with Crippen LogP contribution in [0, 0.1) is 6.92 Å². The summed E-state index contributed by atoms with van der Waals surface area (Å²) in [7, 11) is 2.94. The molecule has 0 aromatic heterocycles. The maximum absolute atomic E-state index is 13.1. The number of hydrogen-bond donors (Lipinski definition) is 1. The summed E-state index contributed by atoms with van der Waals surface area (Å²) in [5, 5.41) is 12.1. The highest BCUT2D eigenvalue weighted by atomic mass is 35.5. The Morgan fingerprint density at radius 2 is 1.84 bits per heavy atom. The van der Waals surface area contributed by atoms with E-state index in [1.807, 2.05) is 13.0 Å². The fourth-order valence-corrected chi connectivity index (χ4v) is 3.91. The molecule has 1 saturated heterocycles. The summed E-state index contributed by atoms with van der Waals surface area (Å²) >= 11 is 6.16. The monoisotopic (exact) mass is 457 g/mol. The molecule has 0 spiro atoms. The van der Waals surface area contributed by atoms with Crippen molar-refractivity contribution in [3.8, 4) is 11.5 Å². The van der Waals surface area contributed by atoms with Crippen molar-refractivity contribution < 1.29 is 23.9 Å². The summed E-state index contributed by atoms with van der Waals surface area (Å²) in [4.78, 5) is 39.6. The number of nitrogens with one attached hydrogen (secondary N) is 1. The van der Waals surface area contributed by atoms with Crippen molar-refractivity contribution >= 4 is 40.7 Å². The van der Waals surface area contributed by atoms with E-state index < -0.39 is 29.8 Å². The number of nitrogens with zero attached hydrogens (tertiary/aromatic N) is 4. The van der Waals surface area contributed by atoms with Gasteiger partial charge in [-0.25, -0.2) is 4.90 Å². The topological polar surface area (TPSA) is 113 Å². The number of carbonyl (C=O) groups is 3. The molecule has 0 radical (unpaired) electrons. The molecule has 0 saturated carbocycles. The van der Waals surface area contributed by atoms with Gasteiger partial charge in [0.2, 0.25) is 5.91 Å². The van der Waals surface area contributed by atoms with Gasteiger partial charge in [0.15, 0.2) is 23.6 Å². The minimum atomic E-state index is -1.02. The third-order valence-corrected chi connectivity index (χ3v) is 5.50. The van der Waals surface area contributed by atoms with Gasteiger partial charge in [0, 0.05) is 6.07 Å². The average Bonchev–Trinajstić information content (AvgIpc) is 3.29. The fourth-order valence-electron chi connectivity index (χ4n) is 3.63. The van der Waals surface area contributed by atoms with Crippen LogP contribution >= 0.6 is 11.6 Å². The summed E-state index contributed by atoms with van der Waals surface area (Å²) < 4.78 is 10.5. The highest BCUT2D eigenvalue weighted by molar-refractivity contribution is 6.33. The molecule has 2 aromatic carbocycles. The fraction of sp³-hybridized carbons (Fsp3) is 0.286. The zero-order valence-electron chi connectivity index (χ0n) is 17.5. The zero-order valence-corrected chi connectivity index (χ0v) is 18.3. The minimum absolute atomic E-state index is 0.270. The Balaban J connectivity index is 1.51. The Hall–Kier alpha value is -3.66. The molecule has 11 heteroatoms. The number of amides is 3.